The molecule has 0 aromatic heterocycles. The second-order valence-corrected chi connectivity index (χ2v) is 12.2. The first-order valence-electron chi connectivity index (χ1n) is 14.1. The molecule has 0 unspecified atom stereocenters. The maximum Gasteiger partial charge on any atom is 0.264 e. The zero-order valence-corrected chi connectivity index (χ0v) is 25.0. The minimum absolute atomic E-state index is 0.0182. The molecule has 3 rings (SSSR count). The van der Waals surface area contributed by atoms with Gasteiger partial charge in [0.2, 0.25) is 11.8 Å². The van der Waals surface area contributed by atoms with Crippen LogP contribution in [0.3, 0.4) is 0 Å². The number of hydrogen-bond donors (Lipinski definition) is 1. The Kier molecular flexibility index (Phi) is 11.5. The molecule has 1 atom stereocenters. The Hall–Kier alpha value is -3.72. The zero-order chi connectivity index (χ0) is 30.0. The third-order valence-electron chi connectivity index (χ3n) is 6.94. The minimum atomic E-state index is -4.13. The predicted molar refractivity (Wildman–Crippen MR) is 160 cm³/mol. The Labute approximate surface area is 243 Å². The van der Waals surface area contributed by atoms with Crippen LogP contribution in [0.25, 0.3) is 0 Å². The summed E-state index contributed by atoms with van der Waals surface area (Å²) in [5, 5.41) is 2.90. The van der Waals surface area contributed by atoms with Gasteiger partial charge in [-0.05, 0) is 66.3 Å². The fourth-order valence-electron chi connectivity index (χ4n) is 4.49. The lowest BCUT2D eigenvalue weighted by Gasteiger charge is -2.33. The summed E-state index contributed by atoms with van der Waals surface area (Å²) in [6.45, 7) is 7.88. The largest absolute Gasteiger partial charge is 0.354 e. The van der Waals surface area contributed by atoms with Gasteiger partial charge in [-0.2, -0.15) is 0 Å². The van der Waals surface area contributed by atoms with E-state index in [0.29, 0.717) is 24.2 Å². The lowest BCUT2D eigenvalue weighted by molar-refractivity contribution is -0.140. The van der Waals surface area contributed by atoms with Crippen LogP contribution in [-0.2, 0) is 26.2 Å². The number of unbranched alkanes of at least 4 members (excludes halogenated alkanes) is 1. The summed E-state index contributed by atoms with van der Waals surface area (Å²) in [5.41, 5.74) is 2.00. The average molecular weight is 582 g/mol. The number of anilines is 1. The third kappa shape index (κ3) is 8.39. The fraction of sp³-hybridized carbons (Fsp3) is 0.375. The van der Waals surface area contributed by atoms with E-state index in [1.54, 1.807) is 49.4 Å². The van der Waals surface area contributed by atoms with Crippen molar-refractivity contribution in [3.63, 3.8) is 0 Å². The van der Waals surface area contributed by atoms with Crippen molar-refractivity contribution >= 4 is 27.5 Å². The molecule has 0 saturated heterocycles. The monoisotopic (exact) mass is 581 g/mol. The Morgan fingerprint density at radius 2 is 1.54 bits per heavy atom. The van der Waals surface area contributed by atoms with E-state index >= 15 is 0 Å². The summed E-state index contributed by atoms with van der Waals surface area (Å²) in [6.07, 6.45) is 2.01. The van der Waals surface area contributed by atoms with E-state index in [2.05, 4.69) is 5.32 Å². The molecule has 3 aromatic carbocycles. The molecule has 0 fully saturated rings. The number of carbonyl (C=O) groups excluding carboxylic acids is 2. The molecule has 2 amide bonds. The number of rotatable bonds is 14. The molecule has 0 aliphatic rings. The Morgan fingerprint density at radius 3 is 2.10 bits per heavy atom. The summed E-state index contributed by atoms with van der Waals surface area (Å²) >= 11 is 0. The number of benzene rings is 3. The van der Waals surface area contributed by atoms with Crippen LogP contribution < -0.4 is 9.62 Å². The summed E-state index contributed by atoms with van der Waals surface area (Å²) in [6, 6.07) is 19.9. The van der Waals surface area contributed by atoms with Crippen molar-refractivity contribution < 1.29 is 22.4 Å². The molecule has 41 heavy (non-hydrogen) atoms. The summed E-state index contributed by atoms with van der Waals surface area (Å²) < 4.78 is 42.5. The predicted octanol–water partition coefficient (Wildman–Crippen LogP) is 5.87. The zero-order valence-electron chi connectivity index (χ0n) is 24.2. The molecule has 0 spiro atoms. The van der Waals surface area contributed by atoms with E-state index in [1.165, 1.54) is 29.2 Å². The molecule has 220 valence electrons. The Balaban J connectivity index is 2.03. The van der Waals surface area contributed by atoms with Crippen molar-refractivity contribution in [1.82, 2.24) is 10.2 Å². The van der Waals surface area contributed by atoms with Gasteiger partial charge in [-0.15, -0.1) is 0 Å². The first-order chi connectivity index (χ1) is 19.6. The van der Waals surface area contributed by atoms with Gasteiger partial charge in [0.05, 0.1) is 10.6 Å². The van der Waals surface area contributed by atoms with Crippen LogP contribution in [0.1, 0.15) is 64.0 Å². The normalized spacial score (nSPS) is 12.1. The Morgan fingerprint density at radius 1 is 0.902 bits per heavy atom. The van der Waals surface area contributed by atoms with Crippen LogP contribution in [0.2, 0.25) is 0 Å². The minimum Gasteiger partial charge on any atom is -0.354 e. The van der Waals surface area contributed by atoms with E-state index in [0.717, 1.165) is 22.7 Å². The molecule has 1 N–H and O–H groups in total. The van der Waals surface area contributed by atoms with E-state index in [-0.39, 0.29) is 23.3 Å². The van der Waals surface area contributed by atoms with Crippen molar-refractivity contribution in [2.24, 2.45) is 0 Å². The fourth-order valence-corrected chi connectivity index (χ4v) is 5.92. The van der Waals surface area contributed by atoms with Crippen LogP contribution in [0.5, 0.6) is 0 Å². The molecule has 0 radical (unpaired) electrons. The first-order valence-corrected chi connectivity index (χ1v) is 15.5. The van der Waals surface area contributed by atoms with Crippen molar-refractivity contribution in [3.05, 3.63) is 95.8 Å². The highest BCUT2D eigenvalue weighted by molar-refractivity contribution is 7.92. The molecule has 3 aromatic rings. The Bertz CT molecular complexity index is 1380. The first kappa shape index (κ1) is 31.8. The molecular weight excluding hydrogens is 541 g/mol. The molecule has 0 aliphatic heterocycles. The van der Waals surface area contributed by atoms with Crippen molar-refractivity contribution in [3.8, 4) is 0 Å². The van der Waals surface area contributed by atoms with E-state index < -0.39 is 34.3 Å². The van der Waals surface area contributed by atoms with Gasteiger partial charge < -0.3 is 10.2 Å². The topological polar surface area (TPSA) is 86.8 Å². The van der Waals surface area contributed by atoms with Crippen LogP contribution in [0.15, 0.2) is 83.8 Å². The van der Waals surface area contributed by atoms with E-state index in [9.17, 15) is 22.4 Å². The number of amides is 2. The van der Waals surface area contributed by atoms with Crippen molar-refractivity contribution in [2.75, 3.05) is 17.4 Å². The molecule has 0 saturated carbocycles. The highest BCUT2D eigenvalue weighted by atomic mass is 32.2. The highest BCUT2D eigenvalue weighted by Gasteiger charge is 2.33. The van der Waals surface area contributed by atoms with E-state index in [1.807, 2.05) is 32.9 Å². The van der Waals surface area contributed by atoms with Gasteiger partial charge in [0, 0.05) is 13.1 Å². The summed E-state index contributed by atoms with van der Waals surface area (Å²) in [7, 11) is -4.13. The molecule has 0 bridgehead atoms. The standard InChI is InChI=1S/C32H40FN3O4S/c1-5-7-21-34-32(38)30(6-2)35(22-25-13-17-27(33)18-14-25)31(37)23-36(28-19-15-26(16-20-28)24(3)4)41(39,40)29-11-9-8-10-12-29/h8-20,24,30H,5-7,21-23H2,1-4H3,(H,34,38)/t30-/m0/s1. The third-order valence-corrected chi connectivity index (χ3v) is 8.73. The highest BCUT2D eigenvalue weighted by Crippen LogP contribution is 2.27. The second kappa shape index (κ2) is 14.8. The number of carbonyl (C=O) groups is 2. The number of hydrogen-bond acceptors (Lipinski definition) is 4. The molecular formula is C32H40FN3O4S. The van der Waals surface area contributed by atoms with Crippen molar-refractivity contribution in [1.29, 1.82) is 0 Å². The lowest BCUT2D eigenvalue weighted by Crippen LogP contribution is -2.52. The molecule has 9 heteroatoms. The summed E-state index contributed by atoms with van der Waals surface area (Å²) in [4.78, 5) is 28.7. The SMILES string of the molecule is CCCCNC(=O)[C@H](CC)N(Cc1ccc(F)cc1)C(=O)CN(c1ccc(C(C)C)cc1)S(=O)(=O)c1ccccc1. The molecule has 0 heterocycles. The van der Waals surface area contributed by atoms with Gasteiger partial charge >= 0.3 is 0 Å². The van der Waals surface area contributed by atoms with Crippen LogP contribution in [0, 0.1) is 5.82 Å². The van der Waals surface area contributed by atoms with Crippen LogP contribution >= 0.6 is 0 Å². The van der Waals surface area contributed by atoms with Crippen LogP contribution in [-0.4, -0.2) is 44.3 Å². The number of sulfonamides is 1. The van der Waals surface area contributed by atoms with Gasteiger partial charge in [-0.3, -0.25) is 13.9 Å². The smallest absolute Gasteiger partial charge is 0.264 e. The maximum absolute atomic E-state index is 14.1. The average Bonchev–Trinajstić information content (AvgIpc) is 2.97. The van der Waals surface area contributed by atoms with Crippen LogP contribution in [0.4, 0.5) is 10.1 Å². The van der Waals surface area contributed by atoms with Gasteiger partial charge in [-0.25, -0.2) is 12.8 Å². The number of nitrogens with one attached hydrogen (secondary N) is 1. The summed E-state index contributed by atoms with van der Waals surface area (Å²) in [5.74, 6) is -1.03. The maximum atomic E-state index is 14.1. The number of halogens is 1. The van der Waals surface area contributed by atoms with Gasteiger partial charge in [-0.1, -0.05) is 76.6 Å². The number of nitrogens with zero attached hydrogens (tertiary/aromatic N) is 2. The van der Waals surface area contributed by atoms with Gasteiger partial charge in [0.1, 0.15) is 18.4 Å². The second-order valence-electron chi connectivity index (χ2n) is 10.3. The molecule has 7 nitrogen and oxygen atoms in total. The molecule has 0 aliphatic carbocycles. The van der Waals surface area contributed by atoms with Gasteiger partial charge in [0.15, 0.2) is 0 Å². The quantitative estimate of drug-likeness (QED) is 0.241. The van der Waals surface area contributed by atoms with Gasteiger partial charge in [0.25, 0.3) is 10.0 Å². The van der Waals surface area contributed by atoms with E-state index in [4.69, 9.17) is 0 Å². The lowest BCUT2D eigenvalue weighted by atomic mass is 10.0. The van der Waals surface area contributed by atoms with Crippen molar-refractivity contribution in [2.45, 2.75) is 70.4 Å².